The molecule has 2 rings (SSSR count). The summed E-state index contributed by atoms with van der Waals surface area (Å²) in [5, 5.41) is 2.56. The van der Waals surface area contributed by atoms with Crippen LogP contribution in [0, 0.1) is 5.82 Å². The van der Waals surface area contributed by atoms with Crippen molar-refractivity contribution in [1.29, 1.82) is 0 Å². The molecule has 1 aliphatic rings. The van der Waals surface area contributed by atoms with E-state index in [-0.39, 0.29) is 17.9 Å². The van der Waals surface area contributed by atoms with Crippen LogP contribution in [0.15, 0.2) is 24.3 Å². The van der Waals surface area contributed by atoms with Crippen LogP contribution >= 0.6 is 0 Å². The van der Waals surface area contributed by atoms with Gasteiger partial charge >= 0.3 is 5.97 Å². The highest BCUT2D eigenvalue weighted by molar-refractivity contribution is 7.91. The number of hydrogen-bond donors (Lipinski definition) is 1. The Morgan fingerprint density at radius 3 is 2.78 bits per heavy atom. The molecular formula is C15H18FNO5S. The van der Waals surface area contributed by atoms with E-state index in [1.807, 2.05) is 0 Å². The number of benzene rings is 1. The Morgan fingerprint density at radius 2 is 2.17 bits per heavy atom. The van der Waals surface area contributed by atoms with Gasteiger partial charge in [0, 0.05) is 6.04 Å². The molecule has 1 amide bonds. The third-order valence-electron chi connectivity index (χ3n) is 3.49. The van der Waals surface area contributed by atoms with Crippen LogP contribution in [0.25, 0.3) is 0 Å². The number of esters is 1. The lowest BCUT2D eigenvalue weighted by atomic mass is 10.1. The van der Waals surface area contributed by atoms with Crippen molar-refractivity contribution in [2.75, 3.05) is 11.5 Å². The minimum atomic E-state index is -3.09. The summed E-state index contributed by atoms with van der Waals surface area (Å²) in [5.74, 6) is -1.70. The summed E-state index contributed by atoms with van der Waals surface area (Å²) < 4.78 is 40.7. The Bertz CT molecular complexity index is 704. The summed E-state index contributed by atoms with van der Waals surface area (Å²) in [4.78, 5) is 23.7. The molecule has 0 bridgehead atoms. The molecule has 8 heteroatoms. The second-order valence-corrected chi connectivity index (χ2v) is 7.78. The van der Waals surface area contributed by atoms with Crippen LogP contribution in [-0.2, 0) is 30.6 Å². The molecule has 1 aliphatic heterocycles. The monoisotopic (exact) mass is 343 g/mol. The second-order valence-electron chi connectivity index (χ2n) is 5.55. The third kappa shape index (κ3) is 5.31. The van der Waals surface area contributed by atoms with Crippen LogP contribution in [0.5, 0.6) is 0 Å². The number of carbonyl (C=O) groups excluding carboxylic acids is 2. The topological polar surface area (TPSA) is 89.5 Å². The molecule has 0 unspecified atom stereocenters. The molecule has 6 nitrogen and oxygen atoms in total. The predicted octanol–water partition coefficient (Wildman–Crippen LogP) is 0.603. The van der Waals surface area contributed by atoms with Crippen molar-refractivity contribution in [3.8, 4) is 0 Å². The fourth-order valence-electron chi connectivity index (χ4n) is 2.33. The van der Waals surface area contributed by atoms with E-state index in [0.717, 1.165) is 0 Å². The average molecular weight is 343 g/mol. The van der Waals surface area contributed by atoms with Gasteiger partial charge in [0.1, 0.15) is 5.82 Å². The molecule has 0 radical (unpaired) electrons. The highest BCUT2D eigenvalue weighted by Crippen LogP contribution is 2.12. The van der Waals surface area contributed by atoms with Crippen molar-refractivity contribution in [3.05, 3.63) is 35.6 Å². The molecule has 0 spiro atoms. The maximum atomic E-state index is 13.0. The van der Waals surface area contributed by atoms with Gasteiger partial charge in [-0.25, -0.2) is 12.8 Å². The Labute approximate surface area is 133 Å². The summed E-state index contributed by atoms with van der Waals surface area (Å²) in [6, 6.07) is 5.10. The van der Waals surface area contributed by atoms with Gasteiger partial charge in [-0.1, -0.05) is 12.1 Å². The van der Waals surface area contributed by atoms with Gasteiger partial charge in [0.2, 0.25) is 0 Å². The first kappa shape index (κ1) is 17.4. The lowest BCUT2D eigenvalue weighted by Gasteiger charge is -2.16. The van der Waals surface area contributed by atoms with Gasteiger partial charge in [0.25, 0.3) is 5.91 Å². The van der Waals surface area contributed by atoms with Crippen LogP contribution < -0.4 is 5.32 Å². The maximum absolute atomic E-state index is 13.0. The first-order valence-corrected chi connectivity index (χ1v) is 9.02. The molecule has 2 atom stereocenters. The third-order valence-corrected chi connectivity index (χ3v) is 5.26. The molecule has 126 valence electrons. The van der Waals surface area contributed by atoms with E-state index in [0.29, 0.717) is 12.0 Å². The molecule has 23 heavy (non-hydrogen) atoms. The standard InChI is InChI=1S/C15H18FNO5S/c1-10(15(19)17-13-5-6-23(20,21)9-13)22-14(18)8-11-3-2-4-12(16)7-11/h2-4,7,10,13H,5-6,8-9H2,1H3,(H,17,19)/t10-,13+/m1/s1. The number of halogens is 1. The number of rotatable bonds is 5. The maximum Gasteiger partial charge on any atom is 0.311 e. The summed E-state index contributed by atoms with van der Waals surface area (Å²) in [5.41, 5.74) is 0.449. The quantitative estimate of drug-likeness (QED) is 0.791. The molecule has 1 heterocycles. The highest BCUT2D eigenvalue weighted by Gasteiger charge is 2.30. The van der Waals surface area contributed by atoms with Gasteiger partial charge in [-0.3, -0.25) is 9.59 Å². The van der Waals surface area contributed by atoms with Gasteiger partial charge in [0.05, 0.1) is 17.9 Å². The zero-order chi connectivity index (χ0) is 17.0. The van der Waals surface area contributed by atoms with Crippen LogP contribution in [-0.4, -0.2) is 43.9 Å². The number of nitrogens with one attached hydrogen (secondary N) is 1. The minimum Gasteiger partial charge on any atom is -0.452 e. The van der Waals surface area contributed by atoms with E-state index in [4.69, 9.17) is 4.74 Å². The van der Waals surface area contributed by atoms with Gasteiger partial charge in [0.15, 0.2) is 15.9 Å². The van der Waals surface area contributed by atoms with E-state index in [2.05, 4.69) is 5.32 Å². The summed E-state index contributed by atoms with van der Waals surface area (Å²) >= 11 is 0. The van der Waals surface area contributed by atoms with Crippen molar-refractivity contribution in [3.63, 3.8) is 0 Å². The van der Waals surface area contributed by atoms with E-state index in [1.54, 1.807) is 6.07 Å². The zero-order valence-electron chi connectivity index (χ0n) is 12.6. The zero-order valence-corrected chi connectivity index (χ0v) is 13.4. The first-order chi connectivity index (χ1) is 10.7. The van der Waals surface area contributed by atoms with E-state index in [1.165, 1.54) is 25.1 Å². The molecule has 0 aromatic heterocycles. The molecule has 0 aliphatic carbocycles. The first-order valence-electron chi connectivity index (χ1n) is 7.20. The van der Waals surface area contributed by atoms with Gasteiger partial charge in [-0.15, -0.1) is 0 Å². The van der Waals surface area contributed by atoms with Crippen LogP contribution in [0.4, 0.5) is 4.39 Å². The molecule has 0 saturated carbocycles. The Balaban J connectivity index is 1.82. The smallest absolute Gasteiger partial charge is 0.311 e. The predicted molar refractivity (Wildman–Crippen MR) is 80.9 cm³/mol. The largest absolute Gasteiger partial charge is 0.452 e. The number of hydrogen-bond acceptors (Lipinski definition) is 5. The fourth-order valence-corrected chi connectivity index (χ4v) is 4.01. The lowest BCUT2D eigenvalue weighted by Crippen LogP contribution is -2.42. The van der Waals surface area contributed by atoms with Crippen molar-refractivity contribution in [2.24, 2.45) is 0 Å². The lowest BCUT2D eigenvalue weighted by molar-refractivity contribution is -0.154. The van der Waals surface area contributed by atoms with E-state index < -0.39 is 39.7 Å². The van der Waals surface area contributed by atoms with Crippen LogP contribution in [0.2, 0.25) is 0 Å². The van der Waals surface area contributed by atoms with Crippen molar-refractivity contribution in [1.82, 2.24) is 5.32 Å². The molecule has 1 saturated heterocycles. The van der Waals surface area contributed by atoms with E-state index in [9.17, 15) is 22.4 Å². The molecule has 1 N–H and O–H groups in total. The SMILES string of the molecule is C[C@@H](OC(=O)Cc1cccc(F)c1)C(=O)N[C@H]1CCS(=O)(=O)C1. The molecule has 1 aromatic carbocycles. The van der Waals surface area contributed by atoms with Crippen molar-refractivity contribution < 1.29 is 27.1 Å². The van der Waals surface area contributed by atoms with Crippen molar-refractivity contribution >= 4 is 21.7 Å². The average Bonchev–Trinajstić information content (AvgIpc) is 2.77. The molecule has 1 fully saturated rings. The Hall–Kier alpha value is -1.96. The van der Waals surface area contributed by atoms with Crippen LogP contribution in [0.3, 0.4) is 0 Å². The fraction of sp³-hybridized carbons (Fsp3) is 0.467. The minimum absolute atomic E-state index is 0.0473. The summed E-state index contributed by atoms with van der Waals surface area (Å²) in [6.45, 7) is 1.41. The summed E-state index contributed by atoms with van der Waals surface area (Å²) in [6.07, 6.45) is -0.829. The number of ether oxygens (including phenoxy) is 1. The highest BCUT2D eigenvalue weighted by atomic mass is 32.2. The molecular weight excluding hydrogens is 325 g/mol. The van der Waals surface area contributed by atoms with Gasteiger partial charge in [-0.2, -0.15) is 0 Å². The van der Waals surface area contributed by atoms with Crippen LogP contribution in [0.1, 0.15) is 18.9 Å². The van der Waals surface area contributed by atoms with Gasteiger partial charge in [-0.05, 0) is 31.0 Å². The van der Waals surface area contributed by atoms with Gasteiger partial charge < -0.3 is 10.1 Å². The Kier molecular flexibility index (Phi) is 5.35. The Morgan fingerprint density at radius 1 is 1.43 bits per heavy atom. The summed E-state index contributed by atoms with van der Waals surface area (Å²) in [7, 11) is -3.09. The molecule has 1 aromatic rings. The van der Waals surface area contributed by atoms with Crippen molar-refractivity contribution in [2.45, 2.75) is 31.9 Å². The van der Waals surface area contributed by atoms with E-state index >= 15 is 0 Å². The normalized spacial score (nSPS) is 20.7. The number of carbonyl (C=O) groups is 2. The number of sulfone groups is 1. The number of amides is 1. The second kappa shape index (κ2) is 7.08.